The van der Waals surface area contributed by atoms with E-state index in [1.165, 1.54) is 5.56 Å². The van der Waals surface area contributed by atoms with Gasteiger partial charge in [-0.25, -0.2) is 0 Å². The van der Waals surface area contributed by atoms with E-state index in [-0.39, 0.29) is 0 Å². The van der Waals surface area contributed by atoms with Gasteiger partial charge < -0.3 is 15.8 Å². The van der Waals surface area contributed by atoms with E-state index in [9.17, 15) is 5.11 Å². The fraction of sp³-hybridized carbons (Fsp3) is 0.500. The maximum absolute atomic E-state index is 10.00. The molecule has 66 valence electrons. The zero-order chi connectivity index (χ0) is 8.77. The second-order valence-electron chi connectivity index (χ2n) is 3.23. The monoisotopic (exact) mass is 230 g/mol. The third-order valence-electron chi connectivity index (χ3n) is 2.56. The minimum atomic E-state index is -0.794. The van der Waals surface area contributed by atoms with Crippen LogP contribution in [0.1, 0.15) is 17.5 Å². The molecule has 4 N–H and O–H groups in total. The average molecular weight is 231 g/mol. The molecule has 1 aliphatic rings. The zero-order valence-electron chi connectivity index (χ0n) is 6.60. The Balaban J connectivity index is 2.49. The first-order valence-corrected chi connectivity index (χ1v) is 4.75. The van der Waals surface area contributed by atoms with Gasteiger partial charge in [-0.1, -0.05) is 0 Å². The van der Waals surface area contributed by atoms with Gasteiger partial charge in [-0.3, -0.25) is 0 Å². The van der Waals surface area contributed by atoms with Gasteiger partial charge in [-0.15, -0.1) is 0 Å². The van der Waals surface area contributed by atoms with Gasteiger partial charge in [-0.2, -0.15) is 0 Å². The van der Waals surface area contributed by atoms with E-state index in [1.807, 2.05) is 6.20 Å². The Morgan fingerprint density at radius 3 is 3.17 bits per heavy atom. The Kier molecular flexibility index (Phi) is 1.78. The SMILES string of the molecule is NCC1(O)CCc2c1c[nH]c2Br. The van der Waals surface area contributed by atoms with Crippen LogP contribution in [0.3, 0.4) is 0 Å². The van der Waals surface area contributed by atoms with E-state index >= 15 is 0 Å². The summed E-state index contributed by atoms with van der Waals surface area (Å²) in [7, 11) is 0. The molecule has 3 nitrogen and oxygen atoms in total. The minimum Gasteiger partial charge on any atom is -0.384 e. The predicted molar refractivity (Wildman–Crippen MR) is 49.8 cm³/mol. The largest absolute Gasteiger partial charge is 0.384 e. The Morgan fingerprint density at radius 1 is 1.75 bits per heavy atom. The molecule has 4 heteroatoms. The lowest BCUT2D eigenvalue weighted by Gasteiger charge is -2.19. The van der Waals surface area contributed by atoms with E-state index in [2.05, 4.69) is 20.9 Å². The van der Waals surface area contributed by atoms with Gasteiger partial charge in [-0.05, 0) is 34.3 Å². The summed E-state index contributed by atoms with van der Waals surface area (Å²) in [6.45, 7) is 0.296. The summed E-state index contributed by atoms with van der Waals surface area (Å²) >= 11 is 3.39. The quantitative estimate of drug-likeness (QED) is 0.671. The molecular formula is C8H11BrN2O. The van der Waals surface area contributed by atoms with Crippen LogP contribution >= 0.6 is 15.9 Å². The minimum absolute atomic E-state index is 0.296. The second kappa shape index (κ2) is 2.58. The Hall–Kier alpha value is -0.320. The average Bonchev–Trinajstić information content (AvgIpc) is 2.57. The van der Waals surface area contributed by atoms with Crippen LogP contribution < -0.4 is 5.73 Å². The third-order valence-corrected chi connectivity index (χ3v) is 3.27. The van der Waals surface area contributed by atoms with Crippen LogP contribution in [-0.2, 0) is 12.0 Å². The molecule has 1 atom stereocenters. The molecule has 1 aromatic rings. The standard InChI is InChI=1S/C8H11BrN2O/c9-7-5-1-2-8(12,4-10)6(5)3-11-7/h3,11-12H,1-2,4,10H2. The topological polar surface area (TPSA) is 62.0 Å². The molecular weight excluding hydrogens is 220 g/mol. The van der Waals surface area contributed by atoms with Gasteiger partial charge >= 0.3 is 0 Å². The van der Waals surface area contributed by atoms with Gasteiger partial charge in [0, 0.05) is 18.3 Å². The van der Waals surface area contributed by atoms with Crippen LogP contribution in [0.5, 0.6) is 0 Å². The van der Waals surface area contributed by atoms with Crippen molar-refractivity contribution in [1.29, 1.82) is 0 Å². The number of fused-ring (bicyclic) bond motifs is 1. The molecule has 0 fully saturated rings. The second-order valence-corrected chi connectivity index (χ2v) is 4.02. The molecule has 0 radical (unpaired) electrons. The molecule has 0 aromatic carbocycles. The molecule has 0 bridgehead atoms. The molecule has 0 spiro atoms. The van der Waals surface area contributed by atoms with Crippen molar-refractivity contribution >= 4 is 15.9 Å². The maximum atomic E-state index is 10.00. The summed E-state index contributed by atoms with van der Waals surface area (Å²) in [5, 5.41) is 10.00. The maximum Gasteiger partial charge on any atom is 0.104 e. The van der Waals surface area contributed by atoms with Crippen molar-refractivity contribution in [1.82, 2.24) is 4.98 Å². The van der Waals surface area contributed by atoms with Crippen molar-refractivity contribution in [3.8, 4) is 0 Å². The van der Waals surface area contributed by atoms with E-state index in [1.54, 1.807) is 0 Å². The van der Waals surface area contributed by atoms with Crippen LogP contribution in [0.4, 0.5) is 0 Å². The molecule has 12 heavy (non-hydrogen) atoms. The first-order valence-electron chi connectivity index (χ1n) is 3.96. The zero-order valence-corrected chi connectivity index (χ0v) is 8.19. The number of hydrogen-bond acceptors (Lipinski definition) is 2. The summed E-state index contributed by atoms with van der Waals surface area (Å²) in [5.74, 6) is 0. The molecule has 0 amide bonds. The first kappa shape index (κ1) is 8.29. The van der Waals surface area contributed by atoms with Crippen molar-refractivity contribution in [2.45, 2.75) is 18.4 Å². The lowest BCUT2D eigenvalue weighted by molar-refractivity contribution is 0.0479. The number of H-pyrrole nitrogens is 1. The molecule has 0 aliphatic heterocycles. The highest BCUT2D eigenvalue weighted by Crippen LogP contribution is 2.39. The fourth-order valence-corrected chi connectivity index (χ4v) is 2.29. The van der Waals surface area contributed by atoms with Gasteiger partial charge in [0.05, 0.1) is 4.60 Å². The van der Waals surface area contributed by atoms with Crippen molar-refractivity contribution in [3.05, 3.63) is 21.9 Å². The molecule has 0 saturated heterocycles. The number of aromatic nitrogens is 1. The van der Waals surface area contributed by atoms with Crippen LogP contribution in [0.15, 0.2) is 10.8 Å². The third kappa shape index (κ3) is 0.952. The van der Waals surface area contributed by atoms with Crippen molar-refractivity contribution in [2.75, 3.05) is 6.54 Å². The van der Waals surface area contributed by atoms with Crippen LogP contribution in [-0.4, -0.2) is 16.6 Å². The summed E-state index contributed by atoms with van der Waals surface area (Å²) < 4.78 is 0.974. The highest BCUT2D eigenvalue weighted by atomic mass is 79.9. The Morgan fingerprint density at radius 2 is 2.50 bits per heavy atom. The van der Waals surface area contributed by atoms with Gasteiger partial charge in [0.25, 0.3) is 0 Å². The number of nitrogens with one attached hydrogen (secondary N) is 1. The molecule has 1 aliphatic carbocycles. The lowest BCUT2D eigenvalue weighted by Crippen LogP contribution is -2.31. The molecule has 1 unspecified atom stereocenters. The number of hydrogen-bond donors (Lipinski definition) is 3. The van der Waals surface area contributed by atoms with Gasteiger partial charge in [0.2, 0.25) is 0 Å². The molecule has 0 saturated carbocycles. The fourth-order valence-electron chi connectivity index (χ4n) is 1.77. The summed E-state index contributed by atoms with van der Waals surface area (Å²) in [6.07, 6.45) is 3.47. The smallest absolute Gasteiger partial charge is 0.104 e. The van der Waals surface area contributed by atoms with Gasteiger partial charge in [0.1, 0.15) is 5.60 Å². The number of aliphatic hydroxyl groups is 1. The van der Waals surface area contributed by atoms with Crippen LogP contribution in [0.25, 0.3) is 0 Å². The van der Waals surface area contributed by atoms with E-state index < -0.39 is 5.60 Å². The summed E-state index contributed by atoms with van der Waals surface area (Å²) in [4.78, 5) is 3.03. The van der Waals surface area contributed by atoms with Crippen molar-refractivity contribution < 1.29 is 5.11 Å². The molecule has 1 heterocycles. The van der Waals surface area contributed by atoms with Crippen molar-refractivity contribution in [3.63, 3.8) is 0 Å². The van der Waals surface area contributed by atoms with E-state index in [0.717, 1.165) is 23.0 Å². The first-order chi connectivity index (χ1) is 5.67. The highest BCUT2D eigenvalue weighted by molar-refractivity contribution is 9.10. The van der Waals surface area contributed by atoms with Crippen LogP contribution in [0, 0.1) is 0 Å². The number of rotatable bonds is 1. The Bertz CT molecular complexity index is 310. The Labute approximate surface area is 79.1 Å². The van der Waals surface area contributed by atoms with Crippen molar-refractivity contribution in [2.24, 2.45) is 5.73 Å². The lowest BCUT2D eigenvalue weighted by atomic mass is 9.99. The van der Waals surface area contributed by atoms with E-state index in [4.69, 9.17) is 5.73 Å². The van der Waals surface area contributed by atoms with E-state index in [0.29, 0.717) is 6.54 Å². The predicted octanol–water partition coefficient (Wildman–Crippen LogP) is 0.870. The molecule has 2 rings (SSSR count). The number of aromatic amines is 1. The normalized spacial score (nSPS) is 27.6. The highest BCUT2D eigenvalue weighted by Gasteiger charge is 2.37. The number of nitrogens with two attached hydrogens (primary N) is 1. The van der Waals surface area contributed by atoms with Crippen LogP contribution in [0.2, 0.25) is 0 Å². The summed E-state index contributed by atoms with van der Waals surface area (Å²) in [6, 6.07) is 0. The summed E-state index contributed by atoms with van der Waals surface area (Å²) in [5.41, 5.74) is 6.84. The number of halogens is 1. The molecule has 1 aromatic heterocycles. The van der Waals surface area contributed by atoms with Gasteiger partial charge in [0.15, 0.2) is 0 Å².